The van der Waals surface area contributed by atoms with E-state index >= 15 is 0 Å². The molecular formula is C21H21N3O4S. The van der Waals surface area contributed by atoms with Crippen LogP contribution >= 0.6 is 11.3 Å². The van der Waals surface area contributed by atoms with Crippen LogP contribution in [0.5, 0.6) is 11.5 Å². The van der Waals surface area contributed by atoms with Gasteiger partial charge >= 0.3 is 0 Å². The molecule has 2 heterocycles. The first-order valence-electron chi connectivity index (χ1n) is 9.41. The second-order valence-corrected chi connectivity index (χ2v) is 7.72. The number of carbonyl (C=O) groups is 2. The molecule has 1 aromatic heterocycles. The van der Waals surface area contributed by atoms with Crippen molar-refractivity contribution in [2.75, 3.05) is 23.4 Å². The monoisotopic (exact) mass is 411 g/mol. The van der Waals surface area contributed by atoms with Crippen molar-refractivity contribution in [1.29, 1.82) is 0 Å². The van der Waals surface area contributed by atoms with Gasteiger partial charge in [-0.1, -0.05) is 23.5 Å². The minimum Gasteiger partial charge on any atom is -0.494 e. The summed E-state index contributed by atoms with van der Waals surface area (Å²) in [6.45, 7) is 6.28. The van der Waals surface area contributed by atoms with Gasteiger partial charge in [0, 0.05) is 6.54 Å². The van der Waals surface area contributed by atoms with Crippen molar-refractivity contribution in [1.82, 2.24) is 4.98 Å². The molecule has 7 nitrogen and oxygen atoms in total. The van der Waals surface area contributed by atoms with E-state index in [0.29, 0.717) is 29.7 Å². The van der Waals surface area contributed by atoms with Crippen molar-refractivity contribution in [3.63, 3.8) is 0 Å². The fourth-order valence-electron chi connectivity index (χ4n) is 3.29. The van der Waals surface area contributed by atoms with Gasteiger partial charge in [0.05, 0.1) is 22.5 Å². The predicted molar refractivity (Wildman–Crippen MR) is 113 cm³/mol. The van der Waals surface area contributed by atoms with Crippen LogP contribution < -0.4 is 19.7 Å². The van der Waals surface area contributed by atoms with Crippen molar-refractivity contribution >= 4 is 44.2 Å². The van der Waals surface area contributed by atoms with E-state index in [9.17, 15) is 9.59 Å². The van der Waals surface area contributed by atoms with Gasteiger partial charge in [0.15, 0.2) is 5.13 Å². The van der Waals surface area contributed by atoms with E-state index in [1.54, 1.807) is 17.0 Å². The predicted octanol–water partition coefficient (Wildman–Crippen LogP) is 3.84. The fourth-order valence-corrected chi connectivity index (χ4v) is 4.17. The number of amides is 2. The van der Waals surface area contributed by atoms with Crippen LogP contribution in [0.3, 0.4) is 0 Å². The van der Waals surface area contributed by atoms with Gasteiger partial charge in [-0.25, -0.2) is 4.98 Å². The van der Waals surface area contributed by atoms with Crippen molar-refractivity contribution in [3.8, 4) is 11.5 Å². The molecule has 0 saturated heterocycles. The van der Waals surface area contributed by atoms with Crippen molar-refractivity contribution < 1.29 is 19.1 Å². The lowest BCUT2D eigenvalue weighted by molar-refractivity contribution is -0.145. The Morgan fingerprint density at radius 2 is 2.07 bits per heavy atom. The lowest BCUT2D eigenvalue weighted by atomic mass is 10.00. The SMILES string of the molecule is CCOc1ccc2nc(NC(=O)C3(C)Oc4ccccc4N(CC)C3=O)sc2c1. The maximum absolute atomic E-state index is 13.1. The number of fused-ring (bicyclic) bond motifs is 2. The molecule has 0 saturated carbocycles. The molecule has 0 aliphatic carbocycles. The van der Waals surface area contributed by atoms with Crippen LogP contribution in [-0.2, 0) is 9.59 Å². The number of hydrogen-bond acceptors (Lipinski definition) is 6. The number of hydrogen-bond donors (Lipinski definition) is 1. The maximum atomic E-state index is 13.1. The number of ether oxygens (including phenoxy) is 2. The molecule has 2 amide bonds. The minimum absolute atomic E-state index is 0.401. The third kappa shape index (κ3) is 3.29. The number of nitrogens with one attached hydrogen (secondary N) is 1. The van der Waals surface area contributed by atoms with E-state index in [4.69, 9.17) is 9.47 Å². The lowest BCUT2D eigenvalue weighted by Gasteiger charge is -2.38. The van der Waals surface area contributed by atoms with E-state index in [-0.39, 0.29) is 0 Å². The van der Waals surface area contributed by atoms with Crippen molar-refractivity contribution in [2.24, 2.45) is 0 Å². The summed E-state index contributed by atoms with van der Waals surface area (Å²) >= 11 is 1.32. The molecule has 0 radical (unpaired) electrons. The highest BCUT2D eigenvalue weighted by molar-refractivity contribution is 7.22. The number of nitrogens with zero attached hydrogens (tertiary/aromatic N) is 2. The third-order valence-corrected chi connectivity index (χ3v) is 5.70. The Kier molecular flexibility index (Phi) is 4.87. The summed E-state index contributed by atoms with van der Waals surface area (Å²) in [6.07, 6.45) is 0. The van der Waals surface area contributed by atoms with Crippen LogP contribution in [0.15, 0.2) is 42.5 Å². The first-order chi connectivity index (χ1) is 14.0. The number of aromatic nitrogens is 1. The van der Waals surface area contributed by atoms with E-state index in [1.807, 2.05) is 44.2 Å². The summed E-state index contributed by atoms with van der Waals surface area (Å²) in [5.41, 5.74) is -0.275. The zero-order valence-electron chi connectivity index (χ0n) is 16.4. The van der Waals surface area contributed by atoms with Crippen LogP contribution in [0.25, 0.3) is 10.2 Å². The molecule has 3 aromatic rings. The smallest absolute Gasteiger partial charge is 0.280 e. The molecule has 150 valence electrons. The van der Waals surface area contributed by atoms with Gasteiger partial charge < -0.3 is 14.4 Å². The zero-order chi connectivity index (χ0) is 20.6. The van der Waals surface area contributed by atoms with Crippen LogP contribution in [0.4, 0.5) is 10.8 Å². The number of rotatable bonds is 5. The third-order valence-electron chi connectivity index (χ3n) is 4.76. The molecule has 29 heavy (non-hydrogen) atoms. The first-order valence-corrected chi connectivity index (χ1v) is 10.2. The Labute approximate surface area is 172 Å². The molecule has 1 aliphatic heterocycles. The van der Waals surface area contributed by atoms with E-state index in [1.165, 1.54) is 18.3 Å². The Hall–Kier alpha value is -3.13. The highest BCUT2D eigenvalue weighted by Crippen LogP contribution is 2.38. The Balaban J connectivity index is 1.62. The van der Waals surface area contributed by atoms with E-state index < -0.39 is 17.4 Å². The zero-order valence-corrected chi connectivity index (χ0v) is 17.2. The molecule has 2 aromatic carbocycles. The number of likely N-dealkylation sites (N-methyl/N-ethyl adjacent to an activating group) is 1. The molecule has 1 N–H and O–H groups in total. The van der Waals surface area contributed by atoms with Gasteiger partial charge in [-0.15, -0.1) is 0 Å². The van der Waals surface area contributed by atoms with Gasteiger partial charge in [0.2, 0.25) is 0 Å². The number of para-hydroxylation sites is 2. The molecule has 1 unspecified atom stereocenters. The van der Waals surface area contributed by atoms with Gasteiger partial charge in [0.1, 0.15) is 11.5 Å². The van der Waals surface area contributed by atoms with Crippen LogP contribution in [0.2, 0.25) is 0 Å². The normalized spacial score (nSPS) is 18.3. The summed E-state index contributed by atoms with van der Waals surface area (Å²) in [5, 5.41) is 3.16. The average Bonchev–Trinajstić information content (AvgIpc) is 3.10. The van der Waals surface area contributed by atoms with Gasteiger partial charge in [-0.3, -0.25) is 14.9 Å². The Bertz CT molecular complexity index is 1100. The first kappa shape index (κ1) is 19.2. The number of benzene rings is 2. The van der Waals surface area contributed by atoms with Crippen molar-refractivity contribution in [3.05, 3.63) is 42.5 Å². The standard InChI is InChI=1S/C21H21N3O4S/c1-4-24-15-8-6-7-9-16(15)28-21(3,19(24)26)18(25)23-20-22-14-11-10-13(27-5-2)12-17(14)29-20/h6-12H,4-5H2,1-3H3,(H,22,23,25). The summed E-state index contributed by atoms with van der Waals surface area (Å²) in [4.78, 5) is 32.1. The van der Waals surface area contributed by atoms with Gasteiger partial charge in [-0.05, 0) is 51.1 Å². The molecule has 0 spiro atoms. The molecule has 0 bridgehead atoms. The summed E-state index contributed by atoms with van der Waals surface area (Å²) in [5.74, 6) is 0.280. The molecular weight excluding hydrogens is 390 g/mol. The van der Waals surface area contributed by atoms with Gasteiger partial charge in [0.25, 0.3) is 17.4 Å². The van der Waals surface area contributed by atoms with Crippen LogP contribution in [0.1, 0.15) is 20.8 Å². The Morgan fingerprint density at radius 3 is 2.83 bits per heavy atom. The summed E-state index contributed by atoms with van der Waals surface area (Å²) in [7, 11) is 0. The molecule has 8 heteroatoms. The summed E-state index contributed by atoms with van der Waals surface area (Å²) < 4.78 is 12.3. The minimum atomic E-state index is -1.68. The quantitative estimate of drug-likeness (QED) is 0.645. The second kappa shape index (κ2) is 7.36. The van der Waals surface area contributed by atoms with Crippen molar-refractivity contribution in [2.45, 2.75) is 26.4 Å². The van der Waals surface area contributed by atoms with E-state index in [2.05, 4.69) is 10.3 Å². The lowest BCUT2D eigenvalue weighted by Crippen LogP contribution is -2.60. The van der Waals surface area contributed by atoms with Crippen LogP contribution in [0, 0.1) is 0 Å². The molecule has 1 aliphatic rings. The summed E-state index contributed by atoms with van der Waals surface area (Å²) in [6, 6.07) is 12.8. The van der Waals surface area contributed by atoms with Crippen LogP contribution in [-0.4, -0.2) is 35.6 Å². The molecule has 0 fully saturated rings. The molecule has 1 atom stereocenters. The number of anilines is 2. The fraction of sp³-hybridized carbons (Fsp3) is 0.286. The Morgan fingerprint density at radius 1 is 1.28 bits per heavy atom. The molecule has 4 rings (SSSR count). The van der Waals surface area contributed by atoms with Gasteiger partial charge in [-0.2, -0.15) is 0 Å². The number of carbonyl (C=O) groups excluding carboxylic acids is 2. The highest BCUT2D eigenvalue weighted by Gasteiger charge is 2.50. The largest absolute Gasteiger partial charge is 0.494 e. The maximum Gasteiger partial charge on any atom is 0.280 e. The average molecular weight is 411 g/mol. The highest BCUT2D eigenvalue weighted by atomic mass is 32.1. The van der Waals surface area contributed by atoms with E-state index in [0.717, 1.165) is 16.0 Å². The second-order valence-electron chi connectivity index (χ2n) is 6.69. The topological polar surface area (TPSA) is 80.8 Å². The number of thiazole rings is 1.